The van der Waals surface area contributed by atoms with Crippen molar-refractivity contribution in [3.05, 3.63) is 65.4 Å². The second-order valence-corrected chi connectivity index (χ2v) is 7.39. The number of amides is 1. The molecule has 10 heteroatoms. The largest absolute Gasteiger partial charge is 0.417 e. The van der Waals surface area contributed by atoms with Crippen LogP contribution in [0.3, 0.4) is 0 Å². The maximum absolute atomic E-state index is 14.2. The minimum Gasteiger partial charge on any atom is -0.417 e. The van der Waals surface area contributed by atoms with Gasteiger partial charge in [-0.05, 0) is 31.0 Å². The second kappa shape index (κ2) is 5.97. The van der Waals surface area contributed by atoms with Crippen LogP contribution < -0.4 is 0 Å². The smallest absolute Gasteiger partial charge is 0.312 e. The number of carbonyl (C=O) groups excluding carboxylic acids is 1. The van der Waals surface area contributed by atoms with Gasteiger partial charge in [0.25, 0.3) is 0 Å². The highest BCUT2D eigenvalue weighted by Crippen LogP contribution is 2.39. The number of hydrogen-bond acceptors (Lipinski definition) is 6. The van der Waals surface area contributed by atoms with Crippen LogP contribution in [0.5, 0.6) is 0 Å². The van der Waals surface area contributed by atoms with Crippen LogP contribution in [0.25, 0.3) is 5.52 Å². The molecule has 0 aromatic carbocycles. The van der Waals surface area contributed by atoms with E-state index in [9.17, 15) is 9.18 Å². The zero-order valence-electron chi connectivity index (χ0n) is 15.2. The molecule has 4 aromatic rings. The number of aromatic nitrogens is 6. The van der Waals surface area contributed by atoms with Gasteiger partial charge in [-0.1, -0.05) is 0 Å². The maximum Gasteiger partial charge on any atom is 0.312 e. The molecule has 1 amide bonds. The topological polar surface area (TPSA) is 105 Å². The van der Waals surface area contributed by atoms with Crippen LogP contribution >= 0.6 is 0 Å². The molecule has 0 saturated heterocycles. The predicted molar refractivity (Wildman–Crippen MR) is 96.6 cm³/mol. The Morgan fingerprint density at radius 3 is 3.03 bits per heavy atom. The molecule has 5 heterocycles. The first-order chi connectivity index (χ1) is 14.2. The fourth-order valence-corrected chi connectivity index (χ4v) is 3.87. The lowest BCUT2D eigenvalue weighted by molar-refractivity contribution is 0.0644. The normalized spacial score (nSPS) is 18.9. The van der Waals surface area contributed by atoms with E-state index < -0.39 is 6.04 Å². The van der Waals surface area contributed by atoms with Gasteiger partial charge in [0.2, 0.25) is 5.89 Å². The molecule has 0 unspecified atom stereocenters. The second-order valence-electron chi connectivity index (χ2n) is 7.39. The van der Waals surface area contributed by atoms with E-state index in [1.54, 1.807) is 29.6 Å². The molecular formula is C19H16FN7O2. The summed E-state index contributed by atoms with van der Waals surface area (Å²) in [6.07, 6.45) is 5.89. The van der Waals surface area contributed by atoms with Crippen LogP contribution in [0.1, 0.15) is 58.5 Å². The summed E-state index contributed by atoms with van der Waals surface area (Å²) in [6.45, 7) is 0.427. The monoisotopic (exact) mass is 393 g/mol. The Balaban J connectivity index is 1.44. The number of rotatable bonds is 3. The molecule has 146 valence electrons. The van der Waals surface area contributed by atoms with Gasteiger partial charge in [0, 0.05) is 30.8 Å². The number of fused-ring (bicyclic) bond motifs is 2. The van der Waals surface area contributed by atoms with E-state index in [1.807, 2.05) is 0 Å². The Morgan fingerprint density at radius 2 is 2.21 bits per heavy atom. The number of aromatic amines is 1. The average Bonchev–Trinajstić information content (AvgIpc) is 3.13. The van der Waals surface area contributed by atoms with Crippen molar-refractivity contribution >= 4 is 11.4 Å². The van der Waals surface area contributed by atoms with Gasteiger partial charge in [0.05, 0.1) is 17.7 Å². The van der Waals surface area contributed by atoms with Gasteiger partial charge >= 0.3 is 11.8 Å². The fraction of sp³-hybridized carbons (Fsp3) is 0.316. The van der Waals surface area contributed by atoms with E-state index >= 15 is 0 Å². The molecule has 2 aliphatic rings. The lowest BCUT2D eigenvalue weighted by atomic mass is 9.99. The summed E-state index contributed by atoms with van der Waals surface area (Å²) in [5, 5.41) is 12.5. The number of nitrogens with one attached hydrogen (secondary N) is 1. The number of hydrogen-bond donors (Lipinski definition) is 1. The molecule has 1 fully saturated rings. The van der Waals surface area contributed by atoms with Crippen LogP contribution in [0.4, 0.5) is 4.39 Å². The summed E-state index contributed by atoms with van der Waals surface area (Å²) in [6, 6.07) is 4.03. The first-order valence-corrected chi connectivity index (χ1v) is 9.49. The summed E-state index contributed by atoms with van der Waals surface area (Å²) in [4.78, 5) is 22.4. The van der Waals surface area contributed by atoms with Crippen molar-refractivity contribution in [2.24, 2.45) is 0 Å². The Kier molecular flexibility index (Phi) is 3.37. The van der Waals surface area contributed by atoms with Crippen LogP contribution in [0.2, 0.25) is 0 Å². The van der Waals surface area contributed by atoms with Gasteiger partial charge in [0.15, 0.2) is 0 Å². The molecule has 0 radical (unpaired) electrons. The number of carbonyl (C=O) groups is 1. The lowest BCUT2D eigenvalue weighted by Gasteiger charge is -2.32. The molecule has 1 N–H and O–H groups in total. The predicted octanol–water partition coefficient (Wildman–Crippen LogP) is 2.24. The third-order valence-corrected chi connectivity index (χ3v) is 5.49. The minimum absolute atomic E-state index is 0.0363. The van der Waals surface area contributed by atoms with Gasteiger partial charge < -0.3 is 14.3 Å². The van der Waals surface area contributed by atoms with Crippen molar-refractivity contribution in [1.29, 1.82) is 0 Å². The molecule has 1 aliphatic carbocycles. The maximum atomic E-state index is 14.2. The first kappa shape index (κ1) is 16.4. The third kappa shape index (κ3) is 2.55. The summed E-state index contributed by atoms with van der Waals surface area (Å²) >= 11 is 0. The Labute approximate surface area is 163 Å². The van der Waals surface area contributed by atoms with Gasteiger partial charge in [-0.3, -0.25) is 4.79 Å². The van der Waals surface area contributed by atoms with E-state index in [1.165, 1.54) is 10.6 Å². The number of H-pyrrole nitrogens is 1. The van der Waals surface area contributed by atoms with Gasteiger partial charge in [0.1, 0.15) is 17.4 Å². The fourth-order valence-electron chi connectivity index (χ4n) is 3.87. The molecule has 29 heavy (non-hydrogen) atoms. The molecule has 4 aromatic heterocycles. The van der Waals surface area contributed by atoms with Crippen LogP contribution in [0, 0.1) is 5.82 Å². The van der Waals surface area contributed by atoms with E-state index in [4.69, 9.17) is 4.42 Å². The molecule has 1 saturated carbocycles. The van der Waals surface area contributed by atoms with Gasteiger partial charge in [-0.2, -0.15) is 5.10 Å². The Bertz CT molecular complexity index is 1240. The number of nitrogens with zero attached hydrogens (tertiary/aromatic N) is 6. The van der Waals surface area contributed by atoms with Crippen LogP contribution in [-0.2, 0) is 6.42 Å². The molecule has 0 spiro atoms. The van der Waals surface area contributed by atoms with E-state index in [0.29, 0.717) is 35.8 Å². The summed E-state index contributed by atoms with van der Waals surface area (Å²) in [5.74, 6) is -0.0164. The highest BCUT2D eigenvalue weighted by Gasteiger charge is 2.39. The van der Waals surface area contributed by atoms with Crippen molar-refractivity contribution in [2.75, 3.05) is 6.54 Å². The van der Waals surface area contributed by atoms with Gasteiger partial charge in [-0.15, -0.1) is 10.2 Å². The van der Waals surface area contributed by atoms with Gasteiger partial charge in [-0.25, -0.2) is 13.9 Å². The number of pyridine rings is 1. The highest BCUT2D eigenvalue weighted by atomic mass is 19.1. The summed E-state index contributed by atoms with van der Waals surface area (Å²) in [5.41, 5.74) is 2.49. The van der Waals surface area contributed by atoms with E-state index in [0.717, 1.165) is 18.5 Å². The third-order valence-electron chi connectivity index (χ3n) is 5.49. The molecule has 1 aliphatic heterocycles. The average molecular weight is 393 g/mol. The van der Waals surface area contributed by atoms with E-state index in [-0.39, 0.29) is 23.5 Å². The highest BCUT2D eigenvalue weighted by molar-refractivity contribution is 5.90. The quantitative estimate of drug-likeness (QED) is 0.572. The van der Waals surface area contributed by atoms with Crippen molar-refractivity contribution in [2.45, 2.75) is 31.2 Å². The zero-order valence-corrected chi connectivity index (χ0v) is 15.2. The summed E-state index contributed by atoms with van der Waals surface area (Å²) < 4.78 is 21.3. The molecule has 9 nitrogen and oxygen atoms in total. The number of imidazole rings is 1. The Hall–Kier alpha value is -3.56. The van der Waals surface area contributed by atoms with Crippen molar-refractivity contribution in [3.63, 3.8) is 0 Å². The molecule has 1 atom stereocenters. The van der Waals surface area contributed by atoms with E-state index in [2.05, 4.69) is 25.3 Å². The number of halogens is 1. The van der Waals surface area contributed by atoms with Crippen LogP contribution in [0.15, 0.2) is 35.1 Å². The molecule has 0 bridgehead atoms. The molecular weight excluding hydrogens is 377 g/mol. The Morgan fingerprint density at radius 1 is 1.31 bits per heavy atom. The SMILES string of the molecule is O=C(c1nnc(C2CC2)o1)N1CCc2[nH]cnc2[C@H]1c1cc2c(F)cccn2n1. The van der Waals surface area contributed by atoms with Crippen molar-refractivity contribution < 1.29 is 13.6 Å². The standard InChI is InChI=1S/C19H16FN7O2/c20-11-2-1-6-27-14(11)8-13(25-27)16-15-12(21-9-22-15)5-7-26(16)19(28)18-24-23-17(29-18)10-3-4-10/h1-2,6,8-10,16H,3-5,7H2,(H,21,22)/t16-/m1/s1. The van der Waals surface area contributed by atoms with Crippen molar-refractivity contribution in [1.82, 2.24) is 34.7 Å². The summed E-state index contributed by atoms with van der Waals surface area (Å²) in [7, 11) is 0. The molecule has 6 rings (SSSR count). The zero-order chi connectivity index (χ0) is 19.5. The minimum atomic E-state index is -0.576. The van der Waals surface area contributed by atoms with Crippen LogP contribution in [-0.4, -0.2) is 47.1 Å². The lowest BCUT2D eigenvalue weighted by Crippen LogP contribution is -2.41. The van der Waals surface area contributed by atoms with Crippen molar-refractivity contribution in [3.8, 4) is 0 Å². The first-order valence-electron chi connectivity index (χ1n) is 9.49.